The highest BCUT2D eigenvalue weighted by molar-refractivity contribution is 6.00. The fourth-order valence-corrected chi connectivity index (χ4v) is 3.36. The molecule has 0 spiro atoms. The number of hydrogen-bond acceptors (Lipinski definition) is 4. The summed E-state index contributed by atoms with van der Waals surface area (Å²) in [6.45, 7) is 4.44. The molecule has 0 aromatic heterocycles. The molecule has 7 nitrogen and oxygen atoms in total. The van der Waals surface area contributed by atoms with Crippen molar-refractivity contribution in [3.8, 4) is 5.75 Å². The Hall–Kier alpha value is -3.61. The molecule has 2 aromatic carbocycles. The Morgan fingerprint density at radius 2 is 1.73 bits per heavy atom. The fraction of sp³-hybridized carbons (Fsp3) is 0.261. The Labute approximate surface area is 175 Å². The van der Waals surface area contributed by atoms with E-state index in [2.05, 4.69) is 17.2 Å². The minimum Gasteiger partial charge on any atom is -0.497 e. The van der Waals surface area contributed by atoms with Crippen LogP contribution in [0, 0.1) is 5.92 Å². The van der Waals surface area contributed by atoms with Crippen LogP contribution in [-0.2, 0) is 9.59 Å². The second kappa shape index (κ2) is 9.73. The van der Waals surface area contributed by atoms with Gasteiger partial charge in [-0.15, -0.1) is 0 Å². The molecule has 1 aliphatic heterocycles. The number of rotatable bonds is 6. The molecule has 0 radical (unpaired) electrons. The lowest BCUT2D eigenvalue weighted by atomic mass is 9.95. The van der Waals surface area contributed by atoms with Crippen LogP contribution >= 0.6 is 0 Å². The smallest absolute Gasteiger partial charge is 0.253 e. The minimum absolute atomic E-state index is 0.0438. The van der Waals surface area contributed by atoms with Crippen LogP contribution in [0.1, 0.15) is 23.2 Å². The van der Waals surface area contributed by atoms with Gasteiger partial charge < -0.3 is 20.3 Å². The minimum atomic E-state index is -0.302. The maximum absolute atomic E-state index is 12.7. The topological polar surface area (TPSA) is 87.7 Å². The Kier molecular flexibility index (Phi) is 6.85. The van der Waals surface area contributed by atoms with Gasteiger partial charge in [0.15, 0.2) is 0 Å². The van der Waals surface area contributed by atoms with Gasteiger partial charge >= 0.3 is 0 Å². The molecule has 3 rings (SSSR count). The molecular formula is C23H25N3O4. The number of anilines is 2. The van der Waals surface area contributed by atoms with E-state index < -0.39 is 0 Å². The fourth-order valence-electron chi connectivity index (χ4n) is 3.36. The van der Waals surface area contributed by atoms with Crippen molar-refractivity contribution in [3.05, 3.63) is 66.7 Å². The molecule has 1 fully saturated rings. The molecule has 0 aliphatic carbocycles. The van der Waals surface area contributed by atoms with Crippen molar-refractivity contribution in [2.24, 2.45) is 5.92 Å². The predicted octanol–water partition coefficient (Wildman–Crippen LogP) is 3.31. The van der Waals surface area contributed by atoms with Gasteiger partial charge in [0.25, 0.3) is 5.91 Å². The lowest BCUT2D eigenvalue weighted by molar-refractivity contribution is -0.121. The van der Waals surface area contributed by atoms with Crippen molar-refractivity contribution in [2.75, 3.05) is 30.8 Å². The Morgan fingerprint density at radius 3 is 2.37 bits per heavy atom. The third kappa shape index (κ3) is 5.26. The van der Waals surface area contributed by atoms with Crippen LogP contribution in [0.25, 0.3) is 0 Å². The molecule has 0 atom stereocenters. The van der Waals surface area contributed by atoms with Crippen molar-refractivity contribution in [2.45, 2.75) is 12.8 Å². The molecule has 0 unspecified atom stereocenters. The Bertz CT molecular complexity index is 932. The summed E-state index contributed by atoms with van der Waals surface area (Å²) >= 11 is 0. The molecule has 1 saturated heterocycles. The van der Waals surface area contributed by atoms with Crippen LogP contribution in [0.5, 0.6) is 5.75 Å². The van der Waals surface area contributed by atoms with E-state index >= 15 is 0 Å². The van der Waals surface area contributed by atoms with Gasteiger partial charge in [-0.2, -0.15) is 0 Å². The van der Waals surface area contributed by atoms with Crippen LogP contribution in [0.3, 0.4) is 0 Å². The molecule has 2 aromatic rings. The highest BCUT2D eigenvalue weighted by Gasteiger charge is 2.28. The number of ether oxygens (including phenoxy) is 1. The van der Waals surface area contributed by atoms with E-state index in [-0.39, 0.29) is 23.6 Å². The van der Waals surface area contributed by atoms with E-state index in [1.165, 1.54) is 6.08 Å². The number of methoxy groups -OCH3 is 1. The first-order valence-electron chi connectivity index (χ1n) is 9.78. The van der Waals surface area contributed by atoms with Gasteiger partial charge in [-0.05, 0) is 55.3 Å². The summed E-state index contributed by atoms with van der Waals surface area (Å²) in [7, 11) is 1.58. The zero-order chi connectivity index (χ0) is 21.5. The molecule has 3 amide bonds. The van der Waals surface area contributed by atoms with E-state index in [4.69, 9.17) is 4.74 Å². The third-order valence-electron chi connectivity index (χ3n) is 5.08. The van der Waals surface area contributed by atoms with E-state index in [9.17, 15) is 14.4 Å². The maximum atomic E-state index is 12.7. The van der Waals surface area contributed by atoms with E-state index in [0.717, 1.165) is 0 Å². The monoisotopic (exact) mass is 407 g/mol. The van der Waals surface area contributed by atoms with Crippen LogP contribution < -0.4 is 15.4 Å². The van der Waals surface area contributed by atoms with Gasteiger partial charge in [0.1, 0.15) is 5.75 Å². The SMILES string of the molecule is C=CC(=O)Nc1ccc(C(=O)N2CCC(C(=O)Nc3cccc(OC)c3)CC2)cc1. The standard InChI is InChI=1S/C23H25N3O4/c1-3-21(27)24-18-9-7-17(8-10-18)23(29)26-13-11-16(12-14-26)22(28)25-19-5-4-6-20(15-19)30-2/h3-10,15-16H,1,11-14H2,2H3,(H,24,27)(H,25,28). The predicted molar refractivity (Wildman–Crippen MR) is 116 cm³/mol. The van der Waals surface area contributed by atoms with Gasteiger partial charge in [0, 0.05) is 42.0 Å². The summed E-state index contributed by atoms with van der Waals surface area (Å²) < 4.78 is 5.18. The molecular weight excluding hydrogens is 382 g/mol. The van der Waals surface area contributed by atoms with Crippen molar-refractivity contribution >= 4 is 29.1 Å². The van der Waals surface area contributed by atoms with Crippen molar-refractivity contribution < 1.29 is 19.1 Å². The highest BCUT2D eigenvalue weighted by Crippen LogP contribution is 2.23. The van der Waals surface area contributed by atoms with Crippen LogP contribution in [0.4, 0.5) is 11.4 Å². The molecule has 1 aliphatic rings. The maximum Gasteiger partial charge on any atom is 0.253 e. The van der Waals surface area contributed by atoms with Crippen molar-refractivity contribution in [1.82, 2.24) is 4.90 Å². The molecule has 7 heteroatoms. The summed E-state index contributed by atoms with van der Waals surface area (Å²) in [5.41, 5.74) is 1.84. The number of nitrogens with zero attached hydrogens (tertiary/aromatic N) is 1. The molecule has 156 valence electrons. The Morgan fingerprint density at radius 1 is 1.03 bits per heavy atom. The second-order valence-corrected chi connectivity index (χ2v) is 7.06. The first-order valence-corrected chi connectivity index (χ1v) is 9.78. The van der Waals surface area contributed by atoms with Crippen LogP contribution in [0.15, 0.2) is 61.2 Å². The van der Waals surface area contributed by atoms with Crippen molar-refractivity contribution in [3.63, 3.8) is 0 Å². The number of hydrogen-bond donors (Lipinski definition) is 2. The van der Waals surface area contributed by atoms with Gasteiger partial charge in [-0.25, -0.2) is 0 Å². The van der Waals surface area contributed by atoms with Crippen LogP contribution in [0.2, 0.25) is 0 Å². The molecule has 0 bridgehead atoms. The van der Waals surface area contributed by atoms with Crippen LogP contribution in [-0.4, -0.2) is 42.8 Å². The Balaban J connectivity index is 1.53. The molecule has 2 N–H and O–H groups in total. The first-order chi connectivity index (χ1) is 14.5. The number of likely N-dealkylation sites (tertiary alicyclic amines) is 1. The normalized spacial score (nSPS) is 14.0. The number of amides is 3. The number of benzene rings is 2. The quantitative estimate of drug-likeness (QED) is 0.719. The zero-order valence-corrected chi connectivity index (χ0v) is 16.9. The summed E-state index contributed by atoms with van der Waals surface area (Å²) in [6, 6.07) is 14.0. The summed E-state index contributed by atoms with van der Waals surface area (Å²) in [6.07, 6.45) is 2.40. The molecule has 1 heterocycles. The third-order valence-corrected chi connectivity index (χ3v) is 5.08. The molecule has 30 heavy (non-hydrogen) atoms. The lowest BCUT2D eigenvalue weighted by Gasteiger charge is -2.31. The highest BCUT2D eigenvalue weighted by atomic mass is 16.5. The largest absolute Gasteiger partial charge is 0.497 e. The van der Waals surface area contributed by atoms with Gasteiger partial charge in [0.2, 0.25) is 11.8 Å². The van der Waals surface area contributed by atoms with Gasteiger partial charge in [0.05, 0.1) is 7.11 Å². The lowest BCUT2D eigenvalue weighted by Crippen LogP contribution is -2.41. The summed E-state index contributed by atoms with van der Waals surface area (Å²) in [5.74, 6) is 0.115. The average Bonchev–Trinajstić information content (AvgIpc) is 2.79. The first kappa shape index (κ1) is 21.1. The second-order valence-electron chi connectivity index (χ2n) is 7.06. The van der Waals surface area contributed by atoms with Crippen molar-refractivity contribution in [1.29, 1.82) is 0 Å². The van der Waals surface area contributed by atoms with Gasteiger partial charge in [-0.3, -0.25) is 14.4 Å². The number of carbonyl (C=O) groups excluding carboxylic acids is 3. The molecule has 0 saturated carbocycles. The van der Waals surface area contributed by atoms with Gasteiger partial charge in [-0.1, -0.05) is 12.6 Å². The van der Waals surface area contributed by atoms with E-state index in [0.29, 0.717) is 48.6 Å². The zero-order valence-electron chi connectivity index (χ0n) is 16.9. The van der Waals surface area contributed by atoms with E-state index in [1.54, 1.807) is 42.3 Å². The number of carbonyl (C=O) groups is 3. The number of piperidine rings is 1. The average molecular weight is 407 g/mol. The van der Waals surface area contributed by atoms with E-state index in [1.807, 2.05) is 18.2 Å². The summed E-state index contributed by atoms with van der Waals surface area (Å²) in [5, 5.41) is 5.57. The number of nitrogens with one attached hydrogen (secondary N) is 2. The summed E-state index contributed by atoms with van der Waals surface area (Å²) in [4.78, 5) is 38.4.